The van der Waals surface area contributed by atoms with E-state index in [1.807, 2.05) is 19.1 Å². The van der Waals surface area contributed by atoms with Crippen molar-refractivity contribution >= 4 is 40.4 Å². The van der Waals surface area contributed by atoms with Crippen LogP contribution < -0.4 is 0 Å². The Bertz CT molecular complexity index is 1160. The van der Waals surface area contributed by atoms with Crippen molar-refractivity contribution in [2.75, 3.05) is 6.26 Å². The number of hydrogen-bond acceptors (Lipinski definition) is 5. The monoisotopic (exact) mass is 529 g/mol. The molecule has 0 bridgehead atoms. The van der Waals surface area contributed by atoms with Gasteiger partial charge in [-0.05, 0) is 0 Å². The van der Waals surface area contributed by atoms with Gasteiger partial charge in [0.15, 0.2) is 0 Å². The van der Waals surface area contributed by atoms with Crippen LogP contribution in [0.2, 0.25) is 0 Å². The third-order valence-corrected chi connectivity index (χ3v) is 14.0. The summed E-state index contributed by atoms with van der Waals surface area (Å²) in [5.74, 6) is 0. The van der Waals surface area contributed by atoms with Crippen molar-refractivity contribution < 1.29 is 15.1 Å². The van der Waals surface area contributed by atoms with Gasteiger partial charge in [-0.3, -0.25) is 0 Å². The Hall–Kier alpha value is -1.75. The first-order valence-corrected chi connectivity index (χ1v) is 14.6. The third-order valence-electron chi connectivity index (χ3n) is 3.75. The predicted molar refractivity (Wildman–Crippen MR) is 120 cm³/mol. The van der Waals surface area contributed by atoms with Crippen LogP contribution in [0.3, 0.4) is 0 Å². The van der Waals surface area contributed by atoms with Crippen molar-refractivity contribution in [3.8, 4) is 0 Å². The molecule has 8 heteroatoms. The summed E-state index contributed by atoms with van der Waals surface area (Å²) in [6.07, 6.45) is 1.51. The van der Waals surface area contributed by atoms with Gasteiger partial charge in [-0.2, -0.15) is 0 Å². The zero-order valence-electron chi connectivity index (χ0n) is 15.4. The molecule has 3 aromatic carbocycles. The van der Waals surface area contributed by atoms with Crippen LogP contribution in [-0.4, -0.2) is 18.9 Å². The molecular weight excluding hydrogens is 509 g/mol. The second-order valence-corrected chi connectivity index (χ2v) is 14.6. The maximum absolute atomic E-state index is 13.2. The van der Waals surface area contributed by atoms with Crippen LogP contribution in [0.5, 0.6) is 0 Å². The van der Waals surface area contributed by atoms with Gasteiger partial charge in [0.1, 0.15) is 0 Å². The molecule has 0 amide bonds. The zero-order valence-corrected chi connectivity index (χ0v) is 19.1. The molecule has 0 aliphatic carbocycles. The fraction of sp³-hybridized carbons (Fsp3) is 0.100. The molecular formula is C20H20INO4S2. The molecule has 28 heavy (non-hydrogen) atoms. The van der Waals surface area contributed by atoms with Crippen LogP contribution in [0.4, 0.5) is 0 Å². The van der Waals surface area contributed by atoms with E-state index in [-0.39, 0.29) is 4.90 Å². The molecule has 148 valence electrons. The average molecular weight is 529 g/mol. The topological polar surface area (TPSA) is 72.8 Å². The SMILES string of the molecule is Cc1ccc(S(=O)(=O)OI(N=S(C)(=O)c2ccccc2)c2ccccc2)cc1. The van der Waals surface area contributed by atoms with Gasteiger partial charge >= 0.3 is 175 Å². The minimum atomic E-state index is -4.03. The van der Waals surface area contributed by atoms with Gasteiger partial charge in [0.2, 0.25) is 0 Å². The number of aryl methyl sites for hydroxylation is 1. The van der Waals surface area contributed by atoms with E-state index in [0.717, 1.165) is 5.56 Å². The fourth-order valence-corrected chi connectivity index (χ4v) is 11.8. The second kappa shape index (κ2) is 8.73. The van der Waals surface area contributed by atoms with Gasteiger partial charge in [0.25, 0.3) is 0 Å². The Labute approximate surface area is 174 Å². The quantitative estimate of drug-likeness (QED) is 0.419. The number of halogens is 1. The summed E-state index contributed by atoms with van der Waals surface area (Å²) in [6.45, 7) is 1.88. The van der Waals surface area contributed by atoms with Crippen LogP contribution in [-0.2, 0) is 22.4 Å². The maximum atomic E-state index is 13.2. The molecule has 1 atom stereocenters. The minimum absolute atomic E-state index is 0.0637. The van der Waals surface area contributed by atoms with Crippen LogP contribution in [0.25, 0.3) is 0 Å². The molecule has 0 fully saturated rings. The fourth-order valence-electron chi connectivity index (χ4n) is 2.26. The molecule has 0 N–H and O–H groups in total. The third kappa shape index (κ3) is 5.19. The normalized spacial score (nSPS) is 14.1. The first-order valence-electron chi connectivity index (χ1n) is 8.32. The van der Waals surface area contributed by atoms with Crippen molar-refractivity contribution in [1.82, 2.24) is 0 Å². The van der Waals surface area contributed by atoms with Crippen LogP contribution in [0.1, 0.15) is 5.56 Å². The summed E-state index contributed by atoms with van der Waals surface area (Å²) in [5.41, 5.74) is 0.947. The van der Waals surface area contributed by atoms with Gasteiger partial charge in [-0.25, -0.2) is 0 Å². The summed E-state index contributed by atoms with van der Waals surface area (Å²) in [7, 11) is -6.84. The summed E-state index contributed by atoms with van der Waals surface area (Å²) in [5, 5.41) is 0. The Morgan fingerprint density at radius 1 is 0.750 bits per heavy atom. The van der Waals surface area contributed by atoms with Crippen molar-refractivity contribution in [3.63, 3.8) is 0 Å². The molecule has 3 rings (SSSR count). The Balaban J connectivity index is 2.05. The Morgan fingerprint density at radius 3 is 1.86 bits per heavy atom. The first-order chi connectivity index (χ1) is 13.3. The van der Waals surface area contributed by atoms with Crippen LogP contribution in [0, 0.1) is 10.5 Å². The van der Waals surface area contributed by atoms with Crippen LogP contribution in [0.15, 0.2) is 97.3 Å². The zero-order chi connectivity index (χ0) is 20.2. The van der Waals surface area contributed by atoms with E-state index >= 15 is 0 Å². The van der Waals surface area contributed by atoms with E-state index in [2.05, 4.69) is 2.58 Å². The number of nitrogens with zero attached hydrogens (tertiary/aromatic N) is 1. The summed E-state index contributed by atoms with van der Waals surface area (Å²) < 4.78 is 49.6. The average Bonchev–Trinajstić information content (AvgIpc) is 2.69. The van der Waals surface area contributed by atoms with Crippen molar-refractivity contribution in [1.29, 1.82) is 0 Å². The number of benzene rings is 3. The van der Waals surface area contributed by atoms with Gasteiger partial charge in [-0.1, -0.05) is 0 Å². The van der Waals surface area contributed by atoms with Gasteiger partial charge in [0, 0.05) is 0 Å². The Kier molecular flexibility index (Phi) is 6.54. The molecule has 0 radical (unpaired) electrons. The van der Waals surface area contributed by atoms with Gasteiger partial charge in [0.05, 0.1) is 0 Å². The van der Waals surface area contributed by atoms with Crippen LogP contribution >= 0.6 is 20.5 Å². The van der Waals surface area contributed by atoms with E-state index in [1.54, 1.807) is 60.7 Å². The van der Waals surface area contributed by atoms with E-state index < -0.39 is 40.4 Å². The van der Waals surface area contributed by atoms with Gasteiger partial charge < -0.3 is 0 Å². The molecule has 0 aliphatic rings. The van der Waals surface area contributed by atoms with E-state index in [0.29, 0.717) is 8.47 Å². The molecule has 0 aliphatic heterocycles. The van der Waals surface area contributed by atoms with E-state index in [4.69, 9.17) is 2.51 Å². The number of rotatable bonds is 6. The summed E-state index contributed by atoms with van der Waals surface area (Å²) >= 11 is -3.15. The molecule has 0 saturated heterocycles. The molecule has 0 saturated carbocycles. The summed E-state index contributed by atoms with van der Waals surface area (Å²) in [4.78, 5) is 0.610. The Morgan fingerprint density at radius 2 is 1.29 bits per heavy atom. The van der Waals surface area contributed by atoms with Crippen molar-refractivity contribution in [2.24, 2.45) is 2.58 Å². The molecule has 0 heterocycles. The summed E-state index contributed by atoms with van der Waals surface area (Å²) in [6, 6.07) is 24.2. The van der Waals surface area contributed by atoms with Crippen molar-refractivity contribution in [2.45, 2.75) is 16.7 Å². The standard InChI is InChI=1S/C20H20INO4S2/c1-17-13-15-20(16-14-17)28(24,25)26-21(18-9-5-3-6-10-18)22-27(2,23)19-11-7-4-8-12-19/h3-16H,1-2H3. The predicted octanol–water partition coefficient (Wildman–Crippen LogP) is 5.06. The molecule has 0 aromatic heterocycles. The second-order valence-electron chi connectivity index (χ2n) is 6.04. The molecule has 1 unspecified atom stereocenters. The molecule has 5 nitrogen and oxygen atoms in total. The molecule has 0 spiro atoms. The van der Waals surface area contributed by atoms with Crippen molar-refractivity contribution in [3.05, 3.63) is 94.1 Å². The molecule has 3 aromatic rings. The number of hydrogen-bond donors (Lipinski definition) is 0. The first kappa shape index (κ1) is 21.0. The van der Waals surface area contributed by atoms with E-state index in [1.165, 1.54) is 18.4 Å². The van der Waals surface area contributed by atoms with Gasteiger partial charge in [-0.15, -0.1) is 0 Å². The van der Waals surface area contributed by atoms with E-state index in [9.17, 15) is 12.6 Å².